The van der Waals surface area contributed by atoms with Crippen molar-refractivity contribution in [3.8, 4) is 0 Å². The SMILES string of the molecule is COC(=O)CC(=O)c1cccc(F)c1C. The summed E-state index contributed by atoms with van der Waals surface area (Å²) in [6.07, 6.45) is -0.360. The first-order chi connectivity index (χ1) is 7.06. The largest absolute Gasteiger partial charge is 0.469 e. The van der Waals surface area contributed by atoms with Crippen molar-refractivity contribution < 1.29 is 18.7 Å². The number of carbonyl (C=O) groups is 2. The van der Waals surface area contributed by atoms with E-state index in [2.05, 4.69) is 4.74 Å². The standard InChI is InChI=1S/C11H11FO3/c1-7-8(4-3-5-9(7)12)10(13)6-11(14)15-2/h3-5H,6H2,1-2H3. The average Bonchev–Trinajstić information content (AvgIpc) is 2.21. The highest BCUT2D eigenvalue weighted by Crippen LogP contribution is 2.14. The molecule has 0 fully saturated rings. The molecule has 0 saturated heterocycles. The van der Waals surface area contributed by atoms with Crippen LogP contribution in [0.2, 0.25) is 0 Å². The van der Waals surface area contributed by atoms with Crippen LogP contribution in [0.25, 0.3) is 0 Å². The second-order valence-corrected chi connectivity index (χ2v) is 3.09. The second kappa shape index (κ2) is 4.68. The van der Waals surface area contributed by atoms with Gasteiger partial charge < -0.3 is 4.74 Å². The maximum absolute atomic E-state index is 13.1. The van der Waals surface area contributed by atoms with Gasteiger partial charge in [-0.2, -0.15) is 0 Å². The summed E-state index contributed by atoms with van der Waals surface area (Å²) in [5.74, 6) is -1.51. The number of hydrogen-bond donors (Lipinski definition) is 0. The summed E-state index contributed by atoms with van der Waals surface area (Å²) in [5.41, 5.74) is 0.479. The number of esters is 1. The minimum absolute atomic E-state index is 0.223. The molecule has 0 bridgehead atoms. The molecule has 0 atom stereocenters. The van der Waals surface area contributed by atoms with E-state index in [9.17, 15) is 14.0 Å². The Morgan fingerprint density at radius 1 is 1.40 bits per heavy atom. The van der Waals surface area contributed by atoms with Gasteiger partial charge in [0.15, 0.2) is 5.78 Å². The molecule has 0 amide bonds. The van der Waals surface area contributed by atoms with Crippen LogP contribution in [0.5, 0.6) is 0 Å². The predicted octanol–water partition coefficient (Wildman–Crippen LogP) is 1.88. The minimum atomic E-state index is -0.622. The van der Waals surface area contributed by atoms with Crippen molar-refractivity contribution in [1.82, 2.24) is 0 Å². The van der Waals surface area contributed by atoms with Gasteiger partial charge in [-0.3, -0.25) is 9.59 Å². The second-order valence-electron chi connectivity index (χ2n) is 3.09. The number of benzene rings is 1. The fraction of sp³-hybridized carbons (Fsp3) is 0.273. The number of rotatable bonds is 3. The van der Waals surface area contributed by atoms with Gasteiger partial charge in [0.25, 0.3) is 0 Å². The third-order valence-corrected chi connectivity index (χ3v) is 2.10. The van der Waals surface area contributed by atoms with Crippen molar-refractivity contribution in [1.29, 1.82) is 0 Å². The molecule has 0 aliphatic heterocycles. The van der Waals surface area contributed by atoms with E-state index in [1.54, 1.807) is 0 Å². The maximum atomic E-state index is 13.1. The zero-order valence-corrected chi connectivity index (χ0v) is 8.54. The first kappa shape index (κ1) is 11.4. The first-order valence-corrected chi connectivity index (χ1v) is 4.41. The van der Waals surface area contributed by atoms with Crippen LogP contribution >= 0.6 is 0 Å². The summed E-state index contributed by atoms with van der Waals surface area (Å²) >= 11 is 0. The van der Waals surface area contributed by atoms with Gasteiger partial charge in [-0.25, -0.2) is 4.39 Å². The highest BCUT2D eigenvalue weighted by molar-refractivity contribution is 6.06. The lowest BCUT2D eigenvalue weighted by atomic mass is 10.0. The Labute approximate surface area is 86.9 Å². The van der Waals surface area contributed by atoms with Crippen LogP contribution in [0.15, 0.2) is 18.2 Å². The third kappa shape index (κ3) is 2.62. The molecule has 4 heteroatoms. The van der Waals surface area contributed by atoms with Crippen molar-refractivity contribution >= 4 is 11.8 Å². The summed E-state index contributed by atoms with van der Waals surface area (Å²) in [7, 11) is 1.20. The van der Waals surface area contributed by atoms with Crippen molar-refractivity contribution in [2.24, 2.45) is 0 Å². The zero-order valence-electron chi connectivity index (χ0n) is 8.54. The van der Waals surface area contributed by atoms with E-state index in [0.29, 0.717) is 0 Å². The normalized spacial score (nSPS) is 9.80. The molecule has 0 heterocycles. The van der Waals surface area contributed by atoms with E-state index in [-0.39, 0.29) is 17.5 Å². The monoisotopic (exact) mass is 210 g/mol. The molecule has 0 radical (unpaired) electrons. The van der Waals surface area contributed by atoms with Crippen LogP contribution in [0.3, 0.4) is 0 Å². The highest BCUT2D eigenvalue weighted by atomic mass is 19.1. The van der Waals surface area contributed by atoms with E-state index in [1.165, 1.54) is 32.2 Å². The number of Topliss-reactive ketones (excluding diaryl/α,β-unsaturated/α-hetero) is 1. The van der Waals surface area contributed by atoms with Gasteiger partial charge in [-0.1, -0.05) is 12.1 Å². The number of ketones is 1. The van der Waals surface area contributed by atoms with Crippen molar-refractivity contribution in [3.05, 3.63) is 35.1 Å². The molecule has 0 aliphatic rings. The van der Waals surface area contributed by atoms with Gasteiger partial charge in [0.05, 0.1) is 7.11 Å². The number of methoxy groups -OCH3 is 1. The van der Waals surface area contributed by atoms with Gasteiger partial charge in [0, 0.05) is 5.56 Å². The molecule has 0 aromatic heterocycles. The van der Waals surface area contributed by atoms with E-state index in [0.717, 1.165) is 0 Å². The average molecular weight is 210 g/mol. The molecule has 80 valence electrons. The molecule has 1 aromatic carbocycles. The lowest BCUT2D eigenvalue weighted by molar-refractivity contribution is -0.139. The van der Waals surface area contributed by atoms with Gasteiger partial charge in [-0.05, 0) is 18.6 Å². The van der Waals surface area contributed by atoms with E-state index < -0.39 is 17.6 Å². The van der Waals surface area contributed by atoms with E-state index in [1.807, 2.05) is 0 Å². The molecule has 0 N–H and O–H groups in total. The van der Waals surface area contributed by atoms with Crippen LogP contribution < -0.4 is 0 Å². The Balaban J connectivity index is 2.92. The molecular weight excluding hydrogens is 199 g/mol. The number of halogens is 1. The zero-order chi connectivity index (χ0) is 11.4. The summed E-state index contributed by atoms with van der Waals surface area (Å²) in [6.45, 7) is 1.50. The number of carbonyl (C=O) groups excluding carboxylic acids is 2. The molecule has 3 nitrogen and oxygen atoms in total. The molecular formula is C11H11FO3. The van der Waals surface area contributed by atoms with Crippen LogP contribution in [0.4, 0.5) is 4.39 Å². The topological polar surface area (TPSA) is 43.4 Å². The lowest BCUT2D eigenvalue weighted by Gasteiger charge is -2.04. The Morgan fingerprint density at radius 3 is 2.67 bits per heavy atom. The number of hydrogen-bond acceptors (Lipinski definition) is 3. The van der Waals surface area contributed by atoms with Crippen molar-refractivity contribution in [2.75, 3.05) is 7.11 Å². The predicted molar refractivity (Wildman–Crippen MR) is 52.1 cm³/mol. The fourth-order valence-corrected chi connectivity index (χ4v) is 1.21. The van der Waals surface area contributed by atoms with Crippen LogP contribution in [0, 0.1) is 12.7 Å². The molecule has 15 heavy (non-hydrogen) atoms. The summed E-state index contributed by atoms with van der Waals surface area (Å²) in [5, 5.41) is 0. The Morgan fingerprint density at radius 2 is 2.07 bits per heavy atom. The van der Waals surface area contributed by atoms with Crippen LogP contribution in [-0.4, -0.2) is 18.9 Å². The fourth-order valence-electron chi connectivity index (χ4n) is 1.21. The third-order valence-electron chi connectivity index (χ3n) is 2.10. The minimum Gasteiger partial charge on any atom is -0.469 e. The molecule has 1 rings (SSSR count). The van der Waals surface area contributed by atoms with Crippen molar-refractivity contribution in [2.45, 2.75) is 13.3 Å². The van der Waals surface area contributed by atoms with Crippen LogP contribution in [0.1, 0.15) is 22.3 Å². The van der Waals surface area contributed by atoms with Gasteiger partial charge in [-0.15, -0.1) is 0 Å². The highest BCUT2D eigenvalue weighted by Gasteiger charge is 2.15. The van der Waals surface area contributed by atoms with Gasteiger partial charge in [0.2, 0.25) is 0 Å². The van der Waals surface area contributed by atoms with E-state index in [4.69, 9.17) is 0 Å². The van der Waals surface area contributed by atoms with Gasteiger partial charge in [0.1, 0.15) is 12.2 Å². The Bertz CT molecular complexity index is 399. The molecule has 0 saturated carbocycles. The first-order valence-electron chi connectivity index (χ1n) is 4.41. The number of ether oxygens (including phenoxy) is 1. The molecule has 0 spiro atoms. The van der Waals surface area contributed by atoms with E-state index >= 15 is 0 Å². The summed E-state index contributed by atoms with van der Waals surface area (Å²) in [4.78, 5) is 22.4. The quantitative estimate of drug-likeness (QED) is 0.434. The maximum Gasteiger partial charge on any atom is 0.313 e. The molecule has 1 aromatic rings. The smallest absolute Gasteiger partial charge is 0.313 e. The molecule has 0 unspecified atom stereocenters. The van der Waals surface area contributed by atoms with Gasteiger partial charge >= 0.3 is 5.97 Å². The lowest BCUT2D eigenvalue weighted by Crippen LogP contribution is -2.11. The molecule has 0 aliphatic carbocycles. The Hall–Kier alpha value is -1.71. The summed E-state index contributed by atoms with van der Waals surface area (Å²) in [6, 6.07) is 4.20. The van der Waals surface area contributed by atoms with Crippen molar-refractivity contribution in [3.63, 3.8) is 0 Å². The van der Waals surface area contributed by atoms with Crippen LogP contribution in [-0.2, 0) is 9.53 Å². The Kier molecular flexibility index (Phi) is 3.55. The summed E-state index contributed by atoms with van der Waals surface area (Å²) < 4.78 is 17.4.